The summed E-state index contributed by atoms with van der Waals surface area (Å²) in [6.45, 7) is 2.14. The smallest absolute Gasteiger partial charge is 0.163 e. The second-order valence-corrected chi connectivity index (χ2v) is 8.47. The highest BCUT2D eigenvalue weighted by atomic mass is 15.3. The van der Waals surface area contributed by atoms with E-state index in [9.17, 15) is 0 Å². The van der Waals surface area contributed by atoms with Crippen LogP contribution in [0.3, 0.4) is 0 Å². The molecular formula is C20H25N3. The Morgan fingerprint density at radius 2 is 1.65 bits per heavy atom. The predicted molar refractivity (Wildman–Crippen MR) is 91.0 cm³/mol. The lowest BCUT2D eigenvalue weighted by atomic mass is 9.49. The van der Waals surface area contributed by atoms with Gasteiger partial charge in [0.25, 0.3) is 0 Å². The summed E-state index contributed by atoms with van der Waals surface area (Å²) < 4.78 is 2.29. The molecule has 0 spiro atoms. The van der Waals surface area contributed by atoms with Crippen LogP contribution in [-0.2, 0) is 12.5 Å². The summed E-state index contributed by atoms with van der Waals surface area (Å²) in [5, 5.41) is 9.32. The Morgan fingerprint density at radius 3 is 2.26 bits per heavy atom. The van der Waals surface area contributed by atoms with Crippen molar-refractivity contribution >= 4 is 0 Å². The normalized spacial score (nSPS) is 35.0. The molecule has 0 saturated heterocycles. The average molecular weight is 307 g/mol. The van der Waals surface area contributed by atoms with Crippen molar-refractivity contribution in [3.63, 3.8) is 0 Å². The number of aryl methyl sites for hydroxylation is 1. The van der Waals surface area contributed by atoms with Crippen LogP contribution in [0.5, 0.6) is 0 Å². The monoisotopic (exact) mass is 307 g/mol. The van der Waals surface area contributed by atoms with Gasteiger partial charge in [0.1, 0.15) is 5.82 Å². The Balaban J connectivity index is 1.57. The molecule has 3 nitrogen and oxygen atoms in total. The first kappa shape index (κ1) is 13.8. The van der Waals surface area contributed by atoms with E-state index in [0.29, 0.717) is 5.41 Å². The van der Waals surface area contributed by atoms with Crippen LogP contribution in [0.4, 0.5) is 0 Å². The quantitative estimate of drug-likeness (QED) is 0.830. The standard InChI is InChI=1S/C20H25N3/c1-13-4-3-5-17(6-13)18-21-22-19(23(18)2)20-10-14-7-15(11-20)9-16(8-14)12-20/h3-6,14-16H,7-12H2,1-2H3. The highest BCUT2D eigenvalue weighted by Gasteiger charge is 2.53. The maximum absolute atomic E-state index is 4.72. The highest BCUT2D eigenvalue weighted by Crippen LogP contribution is 2.60. The van der Waals surface area contributed by atoms with Gasteiger partial charge >= 0.3 is 0 Å². The molecule has 1 aromatic carbocycles. The summed E-state index contributed by atoms with van der Waals surface area (Å²) in [5.41, 5.74) is 2.79. The lowest BCUT2D eigenvalue weighted by molar-refractivity contribution is -0.0107. The topological polar surface area (TPSA) is 30.7 Å². The van der Waals surface area contributed by atoms with Crippen molar-refractivity contribution in [2.24, 2.45) is 24.8 Å². The van der Waals surface area contributed by atoms with Gasteiger partial charge in [-0.05, 0) is 69.3 Å². The van der Waals surface area contributed by atoms with Crippen LogP contribution < -0.4 is 0 Å². The van der Waals surface area contributed by atoms with Crippen molar-refractivity contribution in [2.45, 2.75) is 50.9 Å². The number of hydrogen-bond acceptors (Lipinski definition) is 2. The predicted octanol–water partition coefficient (Wildman–Crippen LogP) is 4.26. The molecule has 4 aliphatic carbocycles. The van der Waals surface area contributed by atoms with Crippen LogP contribution in [0.15, 0.2) is 24.3 Å². The molecule has 0 atom stereocenters. The van der Waals surface area contributed by atoms with Crippen LogP contribution in [0.2, 0.25) is 0 Å². The lowest BCUT2D eigenvalue weighted by Gasteiger charge is -2.56. The molecule has 1 heterocycles. The van der Waals surface area contributed by atoms with Crippen LogP contribution in [0.1, 0.15) is 49.9 Å². The summed E-state index contributed by atoms with van der Waals surface area (Å²) in [4.78, 5) is 0. The van der Waals surface area contributed by atoms with Gasteiger partial charge in [-0.15, -0.1) is 10.2 Å². The van der Waals surface area contributed by atoms with Gasteiger partial charge in [0, 0.05) is 18.0 Å². The van der Waals surface area contributed by atoms with Gasteiger partial charge in [0.05, 0.1) is 0 Å². The van der Waals surface area contributed by atoms with Crippen LogP contribution in [0, 0.1) is 24.7 Å². The molecule has 4 bridgehead atoms. The van der Waals surface area contributed by atoms with Crippen molar-refractivity contribution in [3.8, 4) is 11.4 Å². The third-order valence-electron chi connectivity index (χ3n) is 6.66. The molecule has 0 amide bonds. The molecule has 4 aliphatic rings. The van der Waals surface area contributed by atoms with Gasteiger partial charge in [-0.1, -0.05) is 23.8 Å². The van der Waals surface area contributed by atoms with Crippen LogP contribution in [0.25, 0.3) is 11.4 Å². The number of rotatable bonds is 2. The van der Waals surface area contributed by atoms with E-state index in [1.165, 1.54) is 55.5 Å². The fraction of sp³-hybridized carbons (Fsp3) is 0.600. The number of aromatic nitrogens is 3. The van der Waals surface area contributed by atoms with E-state index in [1.54, 1.807) is 0 Å². The first-order valence-electron chi connectivity index (χ1n) is 9.10. The molecule has 23 heavy (non-hydrogen) atoms. The fourth-order valence-corrected chi connectivity index (χ4v) is 6.21. The molecule has 2 aromatic rings. The Kier molecular flexibility index (Phi) is 2.80. The van der Waals surface area contributed by atoms with Crippen molar-refractivity contribution < 1.29 is 0 Å². The highest BCUT2D eigenvalue weighted by molar-refractivity contribution is 5.56. The summed E-state index contributed by atoms with van der Waals surface area (Å²) >= 11 is 0. The van der Waals surface area contributed by atoms with E-state index in [1.807, 2.05) is 0 Å². The minimum Gasteiger partial charge on any atom is -0.314 e. The van der Waals surface area contributed by atoms with E-state index in [2.05, 4.69) is 47.9 Å². The maximum Gasteiger partial charge on any atom is 0.163 e. The zero-order valence-corrected chi connectivity index (χ0v) is 14.1. The molecule has 0 unspecified atom stereocenters. The lowest BCUT2D eigenvalue weighted by Crippen LogP contribution is -2.49. The third kappa shape index (κ3) is 2.02. The number of nitrogens with zero attached hydrogens (tertiary/aromatic N) is 3. The van der Waals surface area contributed by atoms with Gasteiger partial charge < -0.3 is 4.57 Å². The van der Waals surface area contributed by atoms with Crippen molar-refractivity contribution in [1.29, 1.82) is 0 Å². The van der Waals surface area contributed by atoms with E-state index in [-0.39, 0.29) is 0 Å². The Bertz CT molecular complexity index is 723. The third-order valence-corrected chi connectivity index (χ3v) is 6.66. The Hall–Kier alpha value is -1.64. The molecule has 6 rings (SSSR count). The summed E-state index contributed by atoms with van der Waals surface area (Å²) in [5.74, 6) is 5.12. The largest absolute Gasteiger partial charge is 0.314 e. The molecule has 0 aliphatic heterocycles. The second-order valence-electron chi connectivity index (χ2n) is 8.47. The van der Waals surface area contributed by atoms with Gasteiger partial charge in [0.15, 0.2) is 5.82 Å². The fourth-order valence-electron chi connectivity index (χ4n) is 6.21. The molecule has 1 aromatic heterocycles. The molecule has 0 radical (unpaired) electrons. The van der Waals surface area contributed by atoms with E-state index in [0.717, 1.165) is 23.6 Å². The second kappa shape index (κ2) is 4.68. The van der Waals surface area contributed by atoms with Gasteiger partial charge in [0.2, 0.25) is 0 Å². The summed E-state index contributed by atoms with van der Waals surface area (Å²) in [6, 6.07) is 8.62. The first-order valence-corrected chi connectivity index (χ1v) is 9.10. The Labute approximate surface area is 138 Å². The molecule has 4 fully saturated rings. The molecule has 120 valence electrons. The zero-order valence-electron chi connectivity index (χ0n) is 14.1. The van der Waals surface area contributed by atoms with E-state index < -0.39 is 0 Å². The van der Waals surface area contributed by atoms with Gasteiger partial charge in [-0.25, -0.2) is 0 Å². The maximum atomic E-state index is 4.72. The molecule has 3 heteroatoms. The summed E-state index contributed by atoms with van der Waals surface area (Å²) in [7, 11) is 2.17. The van der Waals surface area contributed by atoms with Crippen molar-refractivity contribution in [3.05, 3.63) is 35.7 Å². The van der Waals surface area contributed by atoms with Crippen LogP contribution in [-0.4, -0.2) is 14.8 Å². The van der Waals surface area contributed by atoms with E-state index in [4.69, 9.17) is 5.10 Å². The minimum absolute atomic E-state index is 0.318. The first-order chi connectivity index (χ1) is 11.1. The van der Waals surface area contributed by atoms with Gasteiger partial charge in [-0.2, -0.15) is 0 Å². The van der Waals surface area contributed by atoms with Crippen molar-refractivity contribution in [2.75, 3.05) is 0 Å². The molecule has 0 N–H and O–H groups in total. The number of benzene rings is 1. The summed E-state index contributed by atoms with van der Waals surface area (Å²) in [6.07, 6.45) is 8.46. The molecule has 4 saturated carbocycles. The zero-order chi connectivity index (χ0) is 15.6. The van der Waals surface area contributed by atoms with Gasteiger partial charge in [-0.3, -0.25) is 0 Å². The van der Waals surface area contributed by atoms with Crippen molar-refractivity contribution in [1.82, 2.24) is 14.8 Å². The SMILES string of the molecule is Cc1cccc(-c2nnc(C34CC5CC(CC(C5)C3)C4)n2C)c1. The van der Waals surface area contributed by atoms with E-state index >= 15 is 0 Å². The minimum atomic E-state index is 0.318. The Morgan fingerprint density at radius 1 is 1.00 bits per heavy atom. The average Bonchev–Trinajstić information content (AvgIpc) is 2.88. The van der Waals surface area contributed by atoms with Crippen LogP contribution >= 0.6 is 0 Å². The number of hydrogen-bond donors (Lipinski definition) is 0. The molecular weight excluding hydrogens is 282 g/mol.